The second-order valence-electron chi connectivity index (χ2n) is 5.42. The van der Waals surface area contributed by atoms with Gasteiger partial charge in [0.1, 0.15) is 0 Å². The number of ether oxygens (including phenoxy) is 1. The summed E-state index contributed by atoms with van der Waals surface area (Å²) < 4.78 is 30.4. The van der Waals surface area contributed by atoms with Gasteiger partial charge in [0.2, 0.25) is 5.92 Å². The maximum Gasteiger partial charge on any atom is 0.245 e. The molecule has 1 aliphatic carbocycles. The van der Waals surface area contributed by atoms with Gasteiger partial charge in [0.05, 0.1) is 6.61 Å². The molecule has 0 aromatic carbocycles. The minimum atomic E-state index is -2.49. The van der Waals surface area contributed by atoms with Crippen LogP contribution in [0.5, 0.6) is 0 Å². The van der Waals surface area contributed by atoms with Crippen LogP contribution in [0.25, 0.3) is 0 Å². The van der Waals surface area contributed by atoms with Crippen LogP contribution in [0, 0.1) is 5.41 Å². The molecule has 0 amide bonds. The smallest absolute Gasteiger partial charge is 0.245 e. The fraction of sp³-hybridized carbons (Fsp3) is 1.00. The average Bonchev–Trinajstić information content (AvgIpc) is 2.11. The lowest BCUT2D eigenvalue weighted by Gasteiger charge is -2.41. The second kappa shape index (κ2) is 5.95. The van der Waals surface area contributed by atoms with Crippen molar-refractivity contribution in [2.45, 2.75) is 64.2 Å². The van der Waals surface area contributed by atoms with Gasteiger partial charge in [-0.25, -0.2) is 8.78 Å². The molecule has 0 spiro atoms. The minimum absolute atomic E-state index is 0.0320. The zero-order valence-electron chi connectivity index (χ0n) is 10.5. The predicted octanol–water partition coefficient (Wildman–Crippen LogP) is 4.41. The van der Waals surface area contributed by atoms with Gasteiger partial charge in [-0.1, -0.05) is 19.3 Å². The number of hydrogen-bond donors (Lipinski definition) is 0. The first-order valence-corrected chi connectivity index (χ1v) is 6.34. The van der Waals surface area contributed by atoms with Gasteiger partial charge >= 0.3 is 0 Å². The molecule has 1 rings (SSSR count). The Morgan fingerprint density at radius 3 is 2.31 bits per heavy atom. The van der Waals surface area contributed by atoms with E-state index in [-0.39, 0.29) is 6.42 Å². The quantitative estimate of drug-likeness (QED) is 0.565. The van der Waals surface area contributed by atoms with Crippen molar-refractivity contribution in [3.05, 3.63) is 0 Å². The number of alkyl halides is 2. The molecule has 0 radical (unpaired) electrons. The summed E-state index contributed by atoms with van der Waals surface area (Å²) in [6.07, 6.45) is 7.63. The van der Waals surface area contributed by atoms with Crippen molar-refractivity contribution in [2.24, 2.45) is 5.41 Å². The molecule has 3 heteroatoms. The van der Waals surface area contributed by atoms with Gasteiger partial charge in [-0.05, 0) is 38.0 Å². The molecular weight excluding hydrogens is 210 g/mol. The van der Waals surface area contributed by atoms with Crippen LogP contribution in [0.2, 0.25) is 0 Å². The number of hydrogen-bond acceptors (Lipinski definition) is 1. The third kappa shape index (κ3) is 4.77. The summed E-state index contributed by atoms with van der Waals surface area (Å²) in [5.74, 6) is -2.49. The molecular formula is C13H24F2O. The standard InChI is InChI=1S/C13H24F2O/c1-12(14,15)7-4-3-5-8-13(11-16-2)9-6-10-13/h3-11H2,1-2H3. The highest BCUT2D eigenvalue weighted by Gasteiger charge is 2.36. The molecule has 1 fully saturated rings. The summed E-state index contributed by atoms with van der Waals surface area (Å²) in [7, 11) is 1.75. The van der Waals surface area contributed by atoms with Gasteiger partial charge in [0.15, 0.2) is 0 Å². The van der Waals surface area contributed by atoms with E-state index < -0.39 is 5.92 Å². The van der Waals surface area contributed by atoms with Crippen LogP contribution >= 0.6 is 0 Å². The highest BCUT2D eigenvalue weighted by molar-refractivity contribution is 4.87. The van der Waals surface area contributed by atoms with Crippen LogP contribution < -0.4 is 0 Å². The lowest BCUT2D eigenvalue weighted by molar-refractivity contribution is 0.00289. The van der Waals surface area contributed by atoms with E-state index in [0.717, 1.165) is 32.8 Å². The third-order valence-electron chi connectivity index (χ3n) is 3.69. The molecule has 1 saturated carbocycles. The van der Waals surface area contributed by atoms with Crippen molar-refractivity contribution in [3.8, 4) is 0 Å². The van der Waals surface area contributed by atoms with Crippen LogP contribution in [0.1, 0.15) is 58.3 Å². The Hall–Kier alpha value is -0.180. The molecule has 0 bridgehead atoms. The van der Waals surface area contributed by atoms with Crippen molar-refractivity contribution in [1.29, 1.82) is 0 Å². The molecule has 1 aliphatic rings. The summed E-state index contributed by atoms with van der Waals surface area (Å²) in [5.41, 5.74) is 0.392. The lowest BCUT2D eigenvalue weighted by atomic mass is 9.66. The van der Waals surface area contributed by atoms with Crippen LogP contribution in [-0.2, 0) is 4.74 Å². The van der Waals surface area contributed by atoms with Crippen molar-refractivity contribution >= 4 is 0 Å². The third-order valence-corrected chi connectivity index (χ3v) is 3.69. The highest BCUT2D eigenvalue weighted by Crippen LogP contribution is 2.45. The summed E-state index contributed by atoms with van der Waals surface area (Å²) in [6.45, 7) is 1.85. The Bertz CT molecular complexity index is 195. The van der Waals surface area contributed by atoms with E-state index >= 15 is 0 Å². The summed E-state index contributed by atoms with van der Waals surface area (Å²) in [4.78, 5) is 0. The normalized spacial score (nSPS) is 19.5. The number of unbranched alkanes of at least 4 members (excludes halogenated alkanes) is 2. The van der Waals surface area contributed by atoms with Crippen LogP contribution in [0.15, 0.2) is 0 Å². The maximum absolute atomic E-state index is 12.6. The molecule has 0 N–H and O–H groups in total. The topological polar surface area (TPSA) is 9.23 Å². The number of methoxy groups -OCH3 is 1. The first-order chi connectivity index (χ1) is 7.47. The molecule has 0 aliphatic heterocycles. The van der Waals surface area contributed by atoms with Crippen molar-refractivity contribution in [2.75, 3.05) is 13.7 Å². The zero-order valence-corrected chi connectivity index (χ0v) is 10.5. The van der Waals surface area contributed by atoms with Crippen LogP contribution in [-0.4, -0.2) is 19.6 Å². The predicted molar refractivity (Wildman–Crippen MR) is 61.9 cm³/mol. The Kier molecular flexibility index (Phi) is 5.16. The molecule has 0 atom stereocenters. The maximum atomic E-state index is 12.6. The number of halogens is 2. The van der Waals surface area contributed by atoms with Crippen molar-refractivity contribution < 1.29 is 13.5 Å². The van der Waals surface area contributed by atoms with E-state index in [2.05, 4.69) is 0 Å². The fourth-order valence-electron chi connectivity index (χ4n) is 2.56. The van der Waals surface area contributed by atoms with Gasteiger partial charge in [0.25, 0.3) is 0 Å². The van der Waals surface area contributed by atoms with E-state index in [4.69, 9.17) is 4.74 Å². The number of rotatable bonds is 8. The molecule has 0 unspecified atom stereocenters. The molecule has 0 aromatic heterocycles. The molecule has 0 heterocycles. The monoisotopic (exact) mass is 234 g/mol. The minimum Gasteiger partial charge on any atom is -0.384 e. The van der Waals surface area contributed by atoms with Gasteiger partial charge < -0.3 is 4.74 Å². The molecule has 16 heavy (non-hydrogen) atoms. The van der Waals surface area contributed by atoms with Gasteiger partial charge in [-0.3, -0.25) is 0 Å². The SMILES string of the molecule is COCC1(CCCCCC(C)(F)F)CCC1. The van der Waals surface area contributed by atoms with E-state index in [9.17, 15) is 8.78 Å². The first kappa shape index (κ1) is 13.9. The summed E-state index contributed by atoms with van der Waals surface area (Å²) in [5, 5.41) is 0. The van der Waals surface area contributed by atoms with Crippen LogP contribution in [0.3, 0.4) is 0 Å². The Morgan fingerprint density at radius 2 is 1.88 bits per heavy atom. The molecule has 0 aromatic rings. The van der Waals surface area contributed by atoms with Gasteiger partial charge in [0, 0.05) is 13.5 Å². The van der Waals surface area contributed by atoms with Gasteiger partial charge in [-0.15, -0.1) is 0 Å². The average molecular weight is 234 g/mol. The second-order valence-corrected chi connectivity index (χ2v) is 5.42. The lowest BCUT2D eigenvalue weighted by Crippen LogP contribution is -2.33. The Balaban J connectivity index is 2.06. The fourth-order valence-corrected chi connectivity index (χ4v) is 2.56. The first-order valence-electron chi connectivity index (χ1n) is 6.34. The van der Waals surface area contributed by atoms with Crippen molar-refractivity contribution in [1.82, 2.24) is 0 Å². The van der Waals surface area contributed by atoms with E-state index in [1.165, 1.54) is 19.3 Å². The molecule has 0 saturated heterocycles. The Morgan fingerprint density at radius 1 is 1.19 bits per heavy atom. The zero-order chi connectivity index (χ0) is 12.1. The van der Waals surface area contributed by atoms with E-state index in [1.54, 1.807) is 7.11 Å². The van der Waals surface area contributed by atoms with E-state index in [0.29, 0.717) is 11.8 Å². The molecule has 1 nitrogen and oxygen atoms in total. The summed E-state index contributed by atoms with van der Waals surface area (Å²) in [6, 6.07) is 0. The summed E-state index contributed by atoms with van der Waals surface area (Å²) >= 11 is 0. The van der Waals surface area contributed by atoms with E-state index in [1.807, 2.05) is 0 Å². The Labute approximate surface area is 97.6 Å². The van der Waals surface area contributed by atoms with Crippen molar-refractivity contribution in [3.63, 3.8) is 0 Å². The van der Waals surface area contributed by atoms with Gasteiger partial charge in [-0.2, -0.15) is 0 Å². The molecule has 96 valence electrons. The largest absolute Gasteiger partial charge is 0.384 e. The highest BCUT2D eigenvalue weighted by atomic mass is 19.3. The van der Waals surface area contributed by atoms with Crippen LogP contribution in [0.4, 0.5) is 8.78 Å².